The summed E-state index contributed by atoms with van der Waals surface area (Å²) < 4.78 is 5.39. The summed E-state index contributed by atoms with van der Waals surface area (Å²) in [6.07, 6.45) is 6.08. The van der Waals surface area contributed by atoms with Crippen molar-refractivity contribution in [2.45, 2.75) is 71.6 Å². The Morgan fingerprint density at radius 1 is 1.40 bits per heavy atom. The van der Waals surface area contributed by atoms with Gasteiger partial charge in [0.1, 0.15) is 5.78 Å². The highest BCUT2D eigenvalue weighted by Crippen LogP contribution is 2.37. The Morgan fingerprint density at radius 2 is 2.15 bits per heavy atom. The maximum Gasteiger partial charge on any atom is 0.237 e. The maximum absolute atomic E-state index is 11.7. The van der Waals surface area contributed by atoms with Gasteiger partial charge < -0.3 is 4.52 Å². The van der Waals surface area contributed by atoms with Gasteiger partial charge in [-0.25, -0.2) is 0 Å². The van der Waals surface area contributed by atoms with Gasteiger partial charge in [-0.15, -0.1) is 0 Å². The standard InChI is InChI=1S/C16H26N2O2/c1-5-12-7-6-8-13(9-12)15-17-16(20-18-15)14(10(2)3)11(4)19/h10,12-14H,5-9H2,1-4H3. The summed E-state index contributed by atoms with van der Waals surface area (Å²) in [5, 5.41) is 4.16. The summed E-state index contributed by atoms with van der Waals surface area (Å²) in [5.41, 5.74) is 0. The first-order valence-corrected chi connectivity index (χ1v) is 7.86. The van der Waals surface area contributed by atoms with Gasteiger partial charge >= 0.3 is 0 Å². The molecule has 1 saturated carbocycles. The van der Waals surface area contributed by atoms with E-state index in [0.717, 1.165) is 24.6 Å². The molecule has 3 atom stereocenters. The van der Waals surface area contributed by atoms with E-state index < -0.39 is 0 Å². The number of nitrogens with zero attached hydrogens (tertiary/aromatic N) is 2. The molecular formula is C16H26N2O2. The largest absolute Gasteiger partial charge is 0.339 e. The van der Waals surface area contributed by atoms with Gasteiger partial charge in [0, 0.05) is 5.92 Å². The fourth-order valence-corrected chi connectivity index (χ4v) is 3.36. The van der Waals surface area contributed by atoms with Gasteiger partial charge in [-0.2, -0.15) is 4.98 Å². The lowest BCUT2D eigenvalue weighted by molar-refractivity contribution is -0.119. The second kappa shape index (κ2) is 6.51. The normalized spacial score (nSPS) is 24.9. The van der Waals surface area contributed by atoms with Crippen molar-refractivity contribution in [3.05, 3.63) is 11.7 Å². The number of ketones is 1. The summed E-state index contributed by atoms with van der Waals surface area (Å²) in [6, 6.07) is 0. The van der Waals surface area contributed by atoms with Gasteiger partial charge in [0.2, 0.25) is 5.89 Å². The molecule has 1 heterocycles. The van der Waals surface area contributed by atoms with E-state index in [2.05, 4.69) is 17.1 Å². The fraction of sp³-hybridized carbons (Fsp3) is 0.812. The van der Waals surface area contributed by atoms with Gasteiger partial charge in [0.15, 0.2) is 5.82 Å². The summed E-state index contributed by atoms with van der Waals surface area (Å²) >= 11 is 0. The third-order valence-corrected chi connectivity index (χ3v) is 4.55. The topological polar surface area (TPSA) is 56.0 Å². The van der Waals surface area contributed by atoms with Gasteiger partial charge in [-0.05, 0) is 31.6 Å². The van der Waals surface area contributed by atoms with Crippen LogP contribution in [0.2, 0.25) is 0 Å². The fourth-order valence-electron chi connectivity index (χ4n) is 3.36. The molecule has 112 valence electrons. The summed E-state index contributed by atoms with van der Waals surface area (Å²) in [5.74, 6) is 2.53. The molecule has 3 unspecified atom stereocenters. The molecule has 4 nitrogen and oxygen atoms in total. The molecule has 0 bridgehead atoms. The van der Waals surface area contributed by atoms with Crippen molar-refractivity contribution in [2.24, 2.45) is 11.8 Å². The zero-order valence-corrected chi connectivity index (χ0v) is 13.1. The average molecular weight is 278 g/mol. The molecule has 0 saturated heterocycles. The van der Waals surface area contributed by atoms with E-state index in [4.69, 9.17) is 4.52 Å². The van der Waals surface area contributed by atoms with Crippen LogP contribution in [0.25, 0.3) is 0 Å². The van der Waals surface area contributed by atoms with Crippen LogP contribution in [0.15, 0.2) is 4.52 Å². The monoisotopic (exact) mass is 278 g/mol. The van der Waals surface area contributed by atoms with Crippen molar-refractivity contribution < 1.29 is 9.32 Å². The molecule has 0 spiro atoms. The van der Waals surface area contributed by atoms with E-state index in [1.807, 2.05) is 13.8 Å². The SMILES string of the molecule is CCC1CCCC(c2noc(C(C(C)=O)C(C)C)n2)C1. The van der Waals surface area contributed by atoms with Gasteiger partial charge in [-0.3, -0.25) is 4.79 Å². The molecule has 0 amide bonds. The summed E-state index contributed by atoms with van der Waals surface area (Å²) in [6.45, 7) is 7.88. The molecule has 0 radical (unpaired) electrons. The lowest BCUT2D eigenvalue weighted by Gasteiger charge is -2.26. The van der Waals surface area contributed by atoms with E-state index >= 15 is 0 Å². The molecule has 0 aromatic carbocycles. The molecule has 1 aromatic heterocycles. The zero-order chi connectivity index (χ0) is 14.7. The molecular weight excluding hydrogens is 252 g/mol. The van der Waals surface area contributed by atoms with E-state index in [0.29, 0.717) is 11.8 Å². The zero-order valence-electron chi connectivity index (χ0n) is 13.1. The number of carbonyl (C=O) groups excluding carboxylic acids is 1. The number of carbonyl (C=O) groups is 1. The Hall–Kier alpha value is -1.19. The number of aromatic nitrogens is 2. The minimum Gasteiger partial charge on any atom is -0.339 e. The third-order valence-electron chi connectivity index (χ3n) is 4.55. The number of hydrogen-bond acceptors (Lipinski definition) is 4. The Morgan fingerprint density at radius 3 is 2.75 bits per heavy atom. The van der Waals surface area contributed by atoms with Crippen molar-refractivity contribution in [1.29, 1.82) is 0 Å². The quantitative estimate of drug-likeness (QED) is 0.814. The van der Waals surface area contributed by atoms with Crippen LogP contribution in [0.1, 0.15) is 83.3 Å². The van der Waals surface area contributed by atoms with Crippen LogP contribution in [0, 0.1) is 11.8 Å². The average Bonchev–Trinajstić information content (AvgIpc) is 2.87. The molecule has 4 heteroatoms. The van der Waals surface area contributed by atoms with Crippen molar-refractivity contribution in [3.8, 4) is 0 Å². The highest BCUT2D eigenvalue weighted by atomic mass is 16.5. The second-order valence-electron chi connectivity index (χ2n) is 6.46. The minimum absolute atomic E-state index is 0.102. The molecule has 1 aliphatic rings. The van der Waals surface area contributed by atoms with Crippen LogP contribution < -0.4 is 0 Å². The molecule has 2 rings (SSSR count). The first-order chi connectivity index (χ1) is 9.52. The third kappa shape index (κ3) is 3.28. The van der Waals surface area contributed by atoms with E-state index in [9.17, 15) is 4.79 Å². The Balaban J connectivity index is 2.13. The molecule has 1 aliphatic carbocycles. The number of hydrogen-bond donors (Lipinski definition) is 0. The van der Waals surface area contributed by atoms with Crippen molar-refractivity contribution in [2.75, 3.05) is 0 Å². The van der Waals surface area contributed by atoms with Crippen LogP contribution in [-0.4, -0.2) is 15.9 Å². The van der Waals surface area contributed by atoms with Gasteiger partial charge in [-0.1, -0.05) is 45.2 Å². The molecule has 1 aromatic rings. The lowest BCUT2D eigenvalue weighted by Crippen LogP contribution is -2.17. The number of Topliss-reactive ketones (excluding diaryl/α,β-unsaturated/α-hetero) is 1. The first kappa shape index (κ1) is 15.2. The predicted molar refractivity (Wildman–Crippen MR) is 77.5 cm³/mol. The smallest absolute Gasteiger partial charge is 0.237 e. The van der Waals surface area contributed by atoms with E-state index in [-0.39, 0.29) is 17.6 Å². The molecule has 0 N–H and O–H groups in total. The molecule has 1 fully saturated rings. The highest BCUT2D eigenvalue weighted by molar-refractivity contribution is 5.82. The van der Waals surface area contributed by atoms with Crippen molar-refractivity contribution in [1.82, 2.24) is 10.1 Å². The van der Waals surface area contributed by atoms with Crippen LogP contribution in [0.4, 0.5) is 0 Å². The first-order valence-electron chi connectivity index (χ1n) is 7.86. The Kier molecular flexibility index (Phi) is 4.95. The van der Waals surface area contributed by atoms with Crippen molar-refractivity contribution in [3.63, 3.8) is 0 Å². The van der Waals surface area contributed by atoms with E-state index in [1.54, 1.807) is 6.92 Å². The summed E-state index contributed by atoms with van der Waals surface area (Å²) in [4.78, 5) is 16.3. The Labute approximate surface area is 121 Å². The summed E-state index contributed by atoms with van der Waals surface area (Å²) in [7, 11) is 0. The van der Waals surface area contributed by atoms with Gasteiger partial charge in [0.05, 0.1) is 5.92 Å². The van der Waals surface area contributed by atoms with E-state index in [1.165, 1.54) is 19.3 Å². The van der Waals surface area contributed by atoms with Crippen LogP contribution in [0.5, 0.6) is 0 Å². The van der Waals surface area contributed by atoms with Crippen molar-refractivity contribution >= 4 is 5.78 Å². The minimum atomic E-state index is -0.262. The van der Waals surface area contributed by atoms with Crippen LogP contribution in [0.3, 0.4) is 0 Å². The highest BCUT2D eigenvalue weighted by Gasteiger charge is 2.30. The Bertz CT molecular complexity index is 453. The predicted octanol–water partition coefficient (Wildman–Crippen LogP) is 4.08. The van der Waals surface area contributed by atoms with Gasteiger partial charge in [0.25, 0.3) is 0 Å². The lowest BCUT2D eigenvalue weighted by atomic mass is 9.80. The maximum atomic E-state index is 11.7. The molecule has 0 aliphatic heterocycles. The number of rotatable bonds is 5. The molecule has 20 heavy (non-hydrogen) atoms. The van der Waals surface area contributed by atoms with Crippen LogP contribution in [-0.2, 0) is 4.79 Å². The second-order valence-corrected chi connectivity index (χ2v) is 6.46. The van der Waals surface area contributed by atoms with Crippen LogP contribution >= 0.6 is 0 Å².